The molecule has 1 saturated heterocycles. The molecule has 0 aliphatic carbocycles. The molecule has 1 atom stereocenters. The van der Waals surface area contributed by atoms with Gasteiger partial charge in [-0.05, 0) is 48.3 Å². The van der Waals surface area contributed by atoms with Gasteiger partial charge in [0, 0.05) is 12.5 Å². The van der Waals surface area contributed by atoms with E-state index >= 15 is 0 Å². The van der Waals surface area contributed by atoms with Crippen LogP contribution in [0.1, 0.15) is 24.5 Å². The molecule has 1 amide bonds. The topological polar surface area (TPSA) is 61.4 Å². The van der Waals surface area contributed by atoms with Crippen LogP contribution < -0.4 is 10.6 Å². The Labute approximate surface area is 105 Å². The third-order valence-electron chi connectivity index (χ3n) is 3.11. The number of carbonyl (C=O) groups is 1. The molecule has 1 unspecified atom stereocenters. The van der Waals surface area contributed by atoms with Gasteiger partial charge in [-0.25, -0.2) is 0 Å². The summed E-state index contributed by atoms with van der Waals surface area (Å²) >= 11 is 1.55. The molecule has 1 fully saturated rings. The summed E-state index contributed by atoms with van der Waals surface area (Å²) < 4.78 is 0. The Morgan fingerprint density at radius 3 is 3.00 bits per heavy atom. The first-order valence-corrected chi connectivity index (χ1v) is 6.90. The molecule has 0 bridgehead atoms. The summed E-state index contributed by atoms with van der Waals surface area (Å²) in [6, 6.07) is 1.88. The van der Waals surface area contributed by atoms with E-state index in [-0.39, 0.29) is 11.8 Å². The Morgan fingerprint density at radius 1 is 1.59 bits per heavy atom. The van der Waals surface area contributed by atoms with Gasteiger partial charge in [-0.3, -0.25) is 4.79 Å². The Bertz CT molecular complexity index is 347. The van der Waals surface area contributed by atoms with Crippen molar-refractivity contribution in [2.75, 3.05) is 19.6 Å². The fourth-order valence-corrected chi connectivity index (χ4v) is 2.72. The number of hydrogen-bond acceptors (Lipinski definition) is 4. The van der Waals surface area contributed by atoms with Gasteiger partial charge in [-0.15, -0.1) is 0 Å². The molecule has 1 aromatic rings. The smallest absolute Gasteiger partial charge is 0.223 e. The van der Waals surface area contributed by atoms with Crippen molar-refractivity contribution in [2.24, 2.45) is 5.92 Å². The third-order valence-corrected chi connectivity index (χ3v) is 3.81. The van der Waals surface area contributed by atoms with Crippen LogP contribution in [0, 0.1) is 5.92 Å². The highest BCUT2D eigenvalue weighted by atomic mass is 32.1. The summed E-state index contributed by atoms with van der Waals surface area (Å²) in [5.41, 5.74) is 0.876. The molecule has 2 rings (SSSR count). The largest absolute Gasteiger partial charge is 0.387 e. The number of nitrogens with one attached hydrogen (secondary N) is 2. The van der Waals surface area contributed by atoms with E-state index in [9.17, 15) is 9.90 Å². The van der Waals surface area contributed by atoms with E-state index in [1.165, 1.54) is 0 Å². The van der Waals surface area contributed by atoms with E-state index in [4.69, 9.17) is 0 Å². The van der Waals surface area contributed by atoms with Crippen LogP contribution in [0.3, 0.4) is 0 Å². The van der Waals surface area contributed by atoms with Crippen LogP contribution in [0.5, 0.6) is 0 Å². The van der Waals surface area contributed by atoms with E-state index in [1.807, 2.05) is 16.8 Å². The number of carbonyl (C=O) groups excluding carboxylic acids is 1. The summed E-state index contributed by atoms with van der Waals surface area (Å²) in [6.45, 7) is 2.12. The van der Waals surface area contributed by atoms with Gasteiger partial charge < -0.3 is 15.7 Å². The highest BCUT2D eigenvalue weighted by molar-refractivity contribution is 7.07. The lowest BCUT2D eigenvalue weighted by Gasteiger charge is -2.22. The van der Waals surface area contributed by atoms with E-state index in [0.29, 0.717) is 6.54 Å². The lowest BCUT2D eigenvalue weighted by Crippen LogP contribution is -2.39. The van der Waals surface area contributed by atoms with Crippen LogP contribution in [0.25, 0.3) is 0 Å². The van der Waals surface area contributed by atoms with Crippen LogP contribution in [0.2, 0.25) is 0 Å². The van der Waals surface area contributed by atoms with Gasteiger partial charge >= 0.3 is 0 Å². The molecule has 3 N–H and O–H groups in total. The summed E-state index contributed by atoms with van der Waals surface area (Å²) in [4.78, 5) is 11.8. The molecule has 94 valence electrons. The highest BCUT2D eigenvalue weighted by Crippen LogP contribution is 2.16. The Kier molecular flexibility index (Phi) is 4.53. The van der Waals surface area contributed by atoms with Crippen molar-refractivity contribution >= 4 is 17.2 Å². The SMILES string of the molecule is O=C(NCC(O)c1ccsc1)C1CCNCC1. The molecular weight excluding hydrogens is 236 g/mol. The molecule has 1 aliphatic heterocycles. The second-order valence-electron chi connectivity index (χ2n) is 4.34. The van der Waals surface area contributed by atoms with Gasteiger partial charge in [-0.1, -0.05) is 0 Å². The van der Waals surface area contributed by atoms with Crippen LogP contribution >= 0.6 is 11.3 Å². The molecule has 4 nitrogen and oxygen atoms in total. The van der Waals surface area contributed by atoms with Gasteiger partial charge in [0.2, 0.25) is 5.91 Å². The molecule has 0 radical (unpaired) electrons. The molecular formula is C12H18N2O2S. The van der Waals surface area contributed by atoms with Crippen molar-refractivity contribution in [3.05, 3.63) is 22.4 Å². The molecule has 0 spiro atoms. The van der Waals surface area contributed by atoms with Crippen molar-refractivity contribution < 1.29 is 9.90 Å². The minimum absolute atomic E-state index is 0.0702. The number of aliphatic hydroxyl groups is 1. The second-order valence-corrected chi connectivity index (χ2v) is 5.12. The number of aliphatic hydroxyl groups excluding tert-OH is 1. The summed E-state index contributed by atoms with van der Waals surface area (Å²) in [6.07, 6.45) is 1.19. The monoisotopic (exact) mass is 254 g/mol. The van der Waals surface area contributed by atoms with Gasteiger partial charge in [0.1, 0.15) is 0 Å². The Balaban J connectivity index is 1.75. The van der Waals surface area contributed by atoms with Crippen molar-refractivity contribution in [3.8, 4) is 0 Å². The highest BCUT2D eigenvalue weighted by Gasteiger charge is 2.21. The first-order valence-electron chi connectivity index (χ1n) is 5.96. The Morgan fingerprint density at radius 2 is 2.35 bits per heavy atom. The summed E-state index contributed by atoms with van der Waals surface area (Å²) in [7, 11) is 0. The third kappa shape index (κ3) is 3.52. The maximum absolute atomic E-state index is 11.8. The standard InChI is InChI=1S/C12H18N2O2S/c15-11(10-3-6-17-8-10)7-14-12(16)9-1-4-13-5-2-9/h3,6,8-9,11,13,15H,1-2,4-5,7H2,(H,14,16). The first kappa shape index (κ1) is 12.5. The van der Waals surface area contributed by atoms with Crippen molar-refractivity contribution in [3.63, 3.8) is 0 Å². The zero-order valence-corrected chi connectivity index (χ0v) is 10.5. The molecule has 5 heteroatoms. The zero-order valence-electron chi connectivity index (χ0n) is 9.69. The lowest BCUT2D eigenvalue weighted by molar-refractivity contribution is -0.126. The van der Waals surface area contributed by atoms with E-state index in [2.05, 4.69) is 10.6 Å². The number of hydrogen-bond donors (Lipinski definition) is 3. The predicted molar refractivity (Wildman–Crippen MR) is 67.9 cm³/mol. The fourth-order valence-electron chi connectivity index (χ4n) is 2.01. The second kappa shape index (κ2) is 6.14. The molecule has 2 heterocycles. The number of rotatable bonds is 4. The minimum Gasteiger partial charge on any atom is -0.387 e. The van der Waals surface area contributed by atoms with Crippen LogP contribution in [-0.4, -0.2) is 30.6 Å². The van der Waals surface area contributed by atoms with Crippen molar-refractivity contribution in [1.82, 2.24) is 10.6 Å². The first-order chi connectivity index (χ1) is 8.27. The quantitative estimate of drug-likeness (QED) is 0.748. The van der Waals surface area contributed by atoms with Gasteiger partial charge in [0.05, 0.1) is 6.10 Å². The number of thiophene rings is 1. The maximum Gasteiger partial charge on any atom is 0.223 e. The predicted octanol–water partition coefficient (Wildman–Crippen LogP) is 0.897. The Hall–Kier alpha value is -0.910. The van der Waals surface area contributed by atoms with E-state index < -0.39 is 6.10 Å². The summed E-state index contributed by atoms with van der Waals surface area (Å²) in [5.74, 6) is 0.173. The fraction of sp³-hybridized carbons (Fsp3) is 0.583. The van der Waals surface area contributed by atoms with Crippen LogP contribution in [0.4, 0.5) is 0 Å². The molecule has 17 heavy (non-hydrogen) atoms. The molecule has 0 aromatic carbocycles. The van der Waals surface area contributed by atoms with Crippen molar-refractivity contribution in [1.29, 1.82) is 0 Å². The normalized spacial score (nSPS) is 18.9. The van der Waals surface area contributed by atoms with Crippen LogP contribution in [-0.2, 0) is 4.79 Å². The average molecular weight is 254 g/mol. The lowest BCUT2D eigenvalue weighted by atomic mass is 9.97. The molecule has 0 saturated carbocycles. The van der Waals surface area contributed by atoms with Gasteiger partial charge in [0.25, 0.3) is 0 Å². The van der Waals surface area contributed by atoms with E-state index in [1.54, 1.807) is 11.3 Å². The maximum atomic E-state index is 11.8. The van der Waals surface area contributed by atoms with Crippen LogP contribution in [0.15, 0.2) is 16.8 Å². The van der Waals surface area contributed by atoms with E-state index in [0.717, 1.165) is 31.5 Å². The average Bonchev–Trinajstić information content (AvgIpc) is 2.90. The number of amides is 1. The summed E-state index contributed by atoms with van der Waals surface area (Å²) in [5, 5.41) is 19.7. The molecule has 1 aliphatic rings. The molecule has 1 aromatic heterocycles. The van der Waals surface area contributed by atoms with Gasteiger partial charge in [-0.2, -0.15) is 11.3 Å². The van der Waals surface area contributed by atoms with Gasteiger partial charge in [0.15, 0.2) is 0 Å². The van der Waals surface area contributed by atoms with Crippen molar-refractivity contribution in [2.45, 2.75) is 18.9 Å². The minimum atomic E-state index is -0.591. The number of piperidine rings is 1. The zero-order chi connectivity index (χ0) is 12.1.